The van der Waals surface area contributed by atoms with Gasteiger partial charge >= 0.3 is 268 Å². The predicted molar refractivity (Wildman–Crippen MR) is 220 cm³/mol. The van der Waals surface area contributed by atoms with Gasteiger partial charge in [-0.05, 0) is 18.6 Å². The Hall–Kier alpha value is -5.62. The number of carbonyl (C=O) groups excluding carboxylic acids is 6. The van der Waals surface area contributed by atoms with Gasteiger partial charge in [0, 0.05) is 6.42 Å². The molecule has 1 radical (unpaired) electrons. The van der Waals surface area contributed by atoms with E-state index < -0.39 is 61.1 Å². The number of benzene rings is 3. The SMILES string of the molecule is Cc1noc(C)c1-c1ccc2c(c1)nc([C@@H]1CCC[C](=O)[Sn]1[c]1ccc(F)c(F)c1)n2C1CCN(C(=O)CN2Cc3cc4c(cc3C2)C(=O)N(C2CCC(=O)NC2=O)C4=O)CC1. The first-order valence-corrected chi connectivity index (χ1v) is 25.5. The molecule has 317 valence electrons. The number of aromatic nitrogens is 3. The number of nitrogens with zero attached hydrogens (tertiary/aromatic N) is 6. The van der Waals surface area contributed by atoms with E-state index in [1.165, 1.54) is 6.07 Å². The molecule has 2 aromatic heterocycles. The quantitative estimate of drug-likeness (QED) is 0.182. The van der Waals surface area contributed by atoms with Gasteiger partial charge in [-0.2, -0.15) is 0 Å². The second kappa shape index (κ2) is 15.6. The molecular formula is C45H42F2N7O7Sn. The van der Waals surface area contributed by atoms with Crippen LogP contribution in [0.3, 0.4) is 0 Å². The number of fused-ring (bicyclic) bond motifs is 3. The third-order valence-electron chi connectivity index (χ3n) is 13.2. The summed E-state index contributed by atoms with van der Waals surface area (Å²) >= 11 is -3.36. The molecule has 5 aliphatic rings. The number of aryl methyl sites for hydroxylation is 2. The second-order valence-electron chi connectivity index (χ2n) is 17.0. The van der Waals surface area contributed by atoms with Crippen LogP contribution in [0.25, 0.3) is 22.2 Å². The van der Waals surface area contributed by atoms with Crippen LogP contribution in [0.1, 0.15) is 104 Å². The molecule has 5 amide bonds. The molecule has 14 nitrogen and oxygen atoms in total. The Balaban J connectivity index is 0.874. The van der Waals surface area contributed by atoms with E-state index in [1.54, 1.807) is 18.2 Å². The van der Waals surface area contributed by atoms with Crippen LogP contribution < -0.4 is 8.90 Å². The van der Waals surface area contributed by atoms with Crippen molar-refractivity contribution in [1.82, 2.24) is 34.7 Å². The van der Waals surface area contributed by atoms with E-state index in [4.69, 9.17) is 9.51 Å². The normalized spacial score (nSPS) is 21.3. The van der Waals surface area contributed by atoms with E-state index in [0.29, 0.717) is 61.2 Å². The number of carbonyl (C=O) groups is 6. The Morgan fingerprint density at radius 3 is 2.26 bits per heavy atom. The summed E-state index contributed by atoms with van der Waals surface area (Å²) in [7, 11) is 0. The third kappa shape index (κ3) is 6.85. The summed E-state index contributed by atoms with van der Waals surface area (Å²) in [6.45, 7) is 5.71. The minimum atomic E-state index is -3.36. The number of piperidine rings is 2. The van der Waals surface area contributed by atoms with Gasteiger partial charge < -0.3 is 0 Å². The van der Waals surface area contributed by atoms with Crippen molar-refractivity contribution in [1.29, 1.82) is 0 Å². The van der Waals surface area contributed by atoms with Gasteiger partial charge in [-0.3, -0.25) is 29.4 Å². The zero-order valence-corrected chi connectivity index (χ0v) is 37.0. The fourth-order valence-corrected chi connectivity index (χ4v) is 19.0. The Kier molecular flexibility index (Phi) is 10.2. The van der Waals surface area contributed by atoms with Crippen molar-refractivity contribution in [2.45, 2.75) is 87.9 Å². The van der Waals surface area contributed by atoms with E-state index >= 15 is 0 Å². The van der Waals surface area contributed by atoms with Crippen LogP contribution in [0, 0.1) is 25.5 Å². The van der Waals surface area contributed by atoms with Crippen molar-refractivity contribution in [2.75, 3.05) is 19.6 Å². The molecule has 62 heavy (non-hydrogen) atoms. The molecular weight excluding hydrogens is 907 g/mol. The fraction of sp³-hybridized carbons (Fsp3) is 0.378. The first-order chi connectivity index (χ1) is 29.8. The second-order valence-corrected chi connectivity index (χ2v) is 24.6. The van der Waals surface area contributed by atoms with Crippen molar-refractivity contribution < 1.29 is 42.1 Å². The van der Waals surface area contributed by atoms with Crippen LogP contribution >= 0.6 is 0 Å². The van der Waals surface area contributed by atoms with Crippen molar-refractivity contribution in [3.63, 3.8) is 0 Å². The first-order valence-electron chi connectivity index (χ1n) is 21.0. The van der Waals surface area contributed by atoms with E-state index in [2.05, 4.69) is 15.0 Å². The molecule has 1 unspecified atom stereocenters. The maximum absolute atomic E-state index is 14.7. The van der Waals surface area contributed by atoms with Crippen molar-refractivity contribution >= 4 is 67.7 Å². The number of imide groups is 2. The van der Waals surface area contributed by atoms with Gasteiger partial charge in [-0.15, -0.1) is 0 Å². The summed E-state index contributed by atoms with van der Waals surface area (Å²) in [6.07, 6.45) is 3.24. The first kappa shape index (κ1) is 40.5. The average molecular weight is 950 g/mol. The van der Waals surface area contributed by atoms with E-state index in [1.807, 2.05) is 41.8 Å². The molecule has 7 heterocycles. The van der Waals surface area contributed by atoms with Crippen molar-refractivity contribution in [2.24, 2.45) is 0 Å². The van der Waals surface area contributed by atoms with Crippen LogP contribution in [0.4, 0.5) is 8.78 Å². The molecule has 3 aromatic carbocycles. The summed E-state index contributed by atoms with van der Waals surface area (Å²) in [5.41, 5.74) is 6.34. The van der Waals surface area contributed by atoms with Crippen LogP contribution in [0.15, 0.2) is 53.1 Å². The Morgan fingerprint density at radius 2 is 1.60 bits per heavy atom. The Labute approximate surface area is 361 Å². The number of hydrogen-bond donors (Lipinski definition) is 1. The predicted octanol–water partition coefficient (Wildman–Crippen LogP) is 4.48. The molecule has 0 aliphatic carbocycles. The van der Waals surface area contributed by atoms with Crippen LogP contribution in [0.5, 0.6) is 0 Å². The Morgan fingerprint density at radius 1 is 0.871 bits per heavy atom. The van der Waals surface area contributed by atoms with Gasteiger partial charge in [0.05, 0.1) is 11.1 Å². The summed E-state index contributed by atoms with van der Waals surface area (Å²) < 4.78 is 37.1. The molecule has 0 bridgehead atoms. The van der Waals surface area contributed by atoms with Gasteiger partial charge in [-0.25, -0.2) is 0 Å². The standard InChI is InChI=1S/C39H39N7O7.C6H3F2.Sn/c1-22-36(23(2)53-42-22)24-7-8-31-30(18-24)40-33(6-4-3-5-15-47)45(31)27-11-13-44(14-12-27)35(49)21-43-19-25-16-28-29(17-26(25)20-43)39(52)46(38(28)51)32-9-10-34(48)41-37(32)50;7-5-3-1-2-4-6(5)8;/h6-8,16-18,27,32H,3-5,9-14,19-21H2,1-2H3,(H,41,48,50);1,3-4H;. The number of amides is 5. The average Bonchev–Trinajstić information content (AvgIpc) is 3.99. The number of halogens is 2. The van der Waals surface area contributed by atoms with Gasteiger partial charge in [0.15, 0.2) is 0 Å². The molecule has 0 saturated carbocycles. The number of hydrogen-bond acceptors (Lipinski definition) is 10. The molecule has 5 aromatic rings. The third-order valence-corrected chi connectivity index (χ3v) is 21.9. The van der Waals surface area contributed by atoms with Gasteiger partial charge in [0.1, 0.15) is 6.04 Å². The summed E-state index contributed by atoms with van der Waals surface area (Å²) in [4.78, 5) is 88.8. The molecule has 0 spiro atoms. The number of imidazole rings is 1. The van der Waals surface area contributed by atoms with Crippen LogP contribution in [0.2, 0.25) is 0 Å². The zero-order valence-electron chi connectivity index (χ0n) is 34.1. The topological polar surface area (TPSA) is 168 Å². The number of nitrogens with one attached hydrogen (secondary N) is 1. The zero-order chi connectivity index (χ0) is 43.1. The van der Waals surface area contributed by atoms with Gasteiger partial charge in [0.25, 0.3) is 11.8 Å². The molecule has 1 N–H and O–H groups in total. The molecule has 3 saturated heterocycles. The van der Waals surface area contributed by atoms with Crippen molar-refractivity contribution in [3.8, 4) is 11.1 Å². The van der Waals surface area contributed by atoms with E-state index in [9.17, 15) is 37.5 Å². The van der Waals surface area contributed by atoms with Gasteiger partial charge in [0.2, 0.25) is 11.8 Å². The Bertz CT molecular complexity index is 2710. The molecule has 17 heteroatoms. The minimum absolute atomic E-state index is 0.0356. The number of rotatable bonds is 7. The monoisotopic (exact) mass is 950 g/mol. The molecule has 3 fully saturated rings. The summed E-state index contributed by atoms with van der Waals surface area (Å²) in [6, 6.07) is 12.3. The van der Waals surface area contributed by atoms with Crippen LogP contribution in [-0.2, 0) is 32.3 Å². The van der Waals surface area contributed by atoms with Crippen LogP contribution in [-0.4, -0.2) is 108 Å². The maximum atomic E-state index is 14.7. The van der Waals surface area contributed by atoms with E-state index in [0.717, 1.165) is 62.2 Å². The number of likely N-dealkylation sites (tertiary alicyclic amines) is 1. The molecule has 2 atom stereocenters. The van der Waals surface area contributed by atoms with E-state index in [-0.39, 0.29) is 50.2 Å². The van der Waals surface area contributed by atoms with Crippen molar-refractivity contribution in [3.05, 3.63) is 99.7 Å². The molecule has 10 rings (SSSR count). The summed E-state index contributed by atoms with van der Waals surface area (Å²) in [5, 5.41) is 6.36. The summed E-state index contributed by atoms with van der Waals surface area (Å²) in [5.74, 6) is -2.65. The van der Waals surface area contributed by atoms with Gasteiger partial charge in [-0.1, -0.05) is 0 Å². The fourth-order valence-electron chi connectivity index (χ4n) is 10.2. The molecule has 5 aliphatic heterocycles.